The molecule has 14 heavy (non-hydrogen) atoms. The van der Waals surface area contributed by atoms with Gasteiger partial charge in [-0.05, 0) is 25.1 Å². The van der Waals surface area contributed by atoms with Crippen LogP contribution in [-0.4, -0.2) is 13.1 Å². The molecule has 0 aliphatic rings. The molecule has 0 aliphatic heterocycles. The third-order valence-corrected chi connectivity index (χ3v) is 2.05. The largest absolute Gasteiger partial charge is 0.371 e. The summed E-state index contributed by atoms with van der Waals surface area (Å²) >= 11 is 0. The Morgan fingerprint density at radius 2 is 2.29 bits per heavy atom. The Morgan fingerprint density at radius 1 is 1.50 bits per heavy atom. The summed E-state index contributed by atoms with van der Waals surface area (Å²) in [7, 11) is 0. The summed E-state index contributed by atoms with van der Waals surface area (Å²) in [6.45, 7) is 3.42. The molecule has 0 aliphatic carbocycles. The fourth-order valence-electron chi connectivity index (χ4n) is 1.33. The van der Waals surface area contributed by atoms with Gasteiger partial charge in [0.15, 0.2) is 0 Å². The molecule has 0 saturated heterocycles. The summed E-state index contributed by atoms with van der Waals surface area (Å²) in [5.74, 6) is -0.238. The quantitative estimate of drug-likeness (QED) is 0.733. The standard InChI is InChI=1S/C11H13FN2/c1-2-14(8-4-7-13)11-6-3-5-10(12)9-11/h3,5-6,9H,2,4,8H2,1H3. The number of nitrogens with zero attached hydrogens (tertiary/aromatic N) is 2. The maximum atomic E-state index is 12.9. The zero-order chi connectivity index (χ0) is 10.4. The molecule has 1 rings (SSSR count). The van der Waals surface area contributed by atoms with Crippen LogP contribution in [0.4, 0.5) is 10.1 Å². The molecule has 1 aromatic carbocycles. The number of nitriles is 1. The van der Waals surface area contributed by atoms with Crippen LogP contribution in [0.3, 0.4) is 0 Å². The Hall–Kier alpha value is -1.56. The molecule has 1 aromatic rings. The lowest BCUT2D eigenvalue weighted by molar-refractivity contribution is 0.626. The van der Waals surface area contributed by atoms with E-state index in [4.69, 9.17) is 5.26 Å². The van der Waals surface area contributed by atoms with Crippen molar-refractivity contribution in [3.63, 3.8) is 0 Å². The highest BCUT2D eigenvalue weighted by Crippen LogP contribution is 2.15. The highest BCUT2D eigenvalue weighted by Gasteiger charge is 2.03. The number of anilines is 1. The lowest BCUT2D eigenvalue weighted by Gasteiger charge is -2.21. The molecule has 0 N–H and O–H groups in total. The van der Waals surface area contributed by atoms with Gasteiger partial charge in [0, 0.05) is 18.8 Å². The lowest BCUT2D eigenvalue weighted by Crippen LogP contribution is -2.23. The molecule has 0 saturated carbocycles. The van der Waals surface area contributed by atoms with Crippen molar-refractivity contribution in [2.24, 2.45) is 0 Å². The smallest absolute Gasteiger partial charge is 0.125 e. The fourth-order valence-corrected chi connectivity index (χ4v) is 1.33. The minimum absolute atomic E-state index is 0.238. The second-order valence-corrected chi connectivity index (χ2v) is 2.97. The monoisotopic (exact) mass is 192 g/mol. The predicted octanol–water partition coefficient (Wildman–Crippen LogP) is 2.57. The molecule has 3 heteroatoms. The molecule has 0 heterocycles. The highest BCUT2D eigenvalue weighted by molar-refractivity contribution is 5.46. The molecule has 0 fully saturated rings. The topological polar surface area (TPSA) is 27.0 Å². The van der Waals surface area contributed by atoms with Crippen molar-refractivity contribution >= 4 is 5.69 Å². The van der Waals surface area contributed by atoms with Gasteiger partial charge in [0.25, 0.3) is 0 Å². The summed E-state index contributed by atoms with van der Waals surface area (Å²) in [6.07, 6.45) is 0.463. The fraction of sp³-hybridized carbons (Fsp3) is 0.364. The minimum Gasteiger partial charge on any atom is -0.371 e. The van der Waals surface area contributed by atoms with E-state index in [2.05, 4.69) is 6.07 Å². The molecule has 0 bridgehead atoms. The number of halogens is 1. The van der Waals surface area contributed by atoms with Crippen LogP contribution < -0.4 is 4.90 Å². The van der Waals surface area contributed by atoms with Crippen LogP contribution in [0.1, 0.15) is 13.3 Å². The van der Waals surface area contributed by atoms with Crippen molar-refractivity contribution < 1.29 is 4.39 Å². The maximum Gasteiger partial charge on any atom is 0.125 e. The first-order chi connectivity index (χ1) is 6.77. The van der Waals surface area contributed by atoms with E-state index in [-0.39, 0.29) is 5.82 Å². The Balaban J connectivity index is 2.74. The second kappa shape index (κ2) is 5.23. The maximum absolute atomic E-state index is 12.9. The third-order valence-electron chi connectivity index (χ3n) is 2.05. The first-order valence-corrected chi connectivity index (χ1v) is 4.65. The third kappa shape index (κ3) is 2.74. The van der Waals surface area contributed by atoms with E-state index in [0.29, 0.717) is 13.0 Å². The normalized spacial score (nSPS) is 9.50. The summed E-state index contributed by atoms with van der Waals surface area (Å²) in [5.41, 5.74) is 0.836. The van der Waals surface area contributed by atoms with Gasteiger partial charge in [0.1, 0.15) is 5.82 Å². The Morgan fingerprint density at radius 3 is 2.86 bits per heavy atom. The van der Waals surface area contributed by atoms with E-state index < -0.39 is 0 Å². The van der Waals surface area contributed by atoms with Gasteiger partial charge in [-0.15, -0.1) is 0 Å². The Labute approximate surface area is 83.6 Å². The van der Waals surface area contributed by atoms with Gasteiger partial charge in [-0.2, -0.15) is 5.26 Å². The van der Waals surface area contributed by atoms with E-state index in [1.807, 2.05) is 17.9 Å². The van der Waals surface area contributed by atoms with Crippen molar-refractivity contribution in [2.75, 3.05) is 18.0 Å². The molecular formula is C11H13FN2. The van der Waals surface area contributed by atoms with Gasteiger partial charge in [-0.1, -0.05) is 6.07 Å². The van der Waals surface area contributed by atoms with Crippen molar-refractivity contribution in [3.8, 4) is 6.07 Å². The first kappa shape index (κ1) is 10.5. The Bertz CT molecular complexity index is 330. The van der Waals surface area contributed by atoms with Gasteiger partial charge in [0.05, 0.1) is 12.5 Å². The summed E-state index contributed by atoms with van der Waals surface area (Å²) in [6, 6.07) is 8.52. The van der Waals surface area contributed by atoms with Crippen LogP contribution in [0.2, 0.25) is 0 Å². The van der Waals surface area contributed by atoms with Crippen LogP contribution in [-0.2, 0) is 0 Å². The molecular weight excluding hydrogens is 179 g/mol. The zero-order valence-corrected chi connectivity index (χ0v) is 8.20. The second-order valence-electron chi connectivity index (χ2n) is 2.97. The van der Waals surface area contributed by atoms with Crippen molar-refractivity contribution in [2.45, 2.75) is 13.3 Å². The van der Waals surface area contributed by atoms with Crippen molar-refractivity contribution in [1.29, 1.82) is 5.26 Å². The van der Waals surface area contributed by atoms with E-state index in [9.17, 15) is 4.39 Å². The lowest BCUT2D eigenvalue weighted by atomic mass is 10.2. The van der Waals surface area contributed by atoms with Gasteiger partial charge >= 0.3 is 0 Å². The number of benzene rings is 1. The van der Waals surface area contributed by atoms with Crippen molar-refractivity contribution in [3.05, 3.63) is 30.1 Å². The van der Waals surface area contributed by atoms with Gasteiger partial charge < -0.3 is 4.90 Å². The predicted molar refractivity (Wildman–Crippen MR) is 54.5 cm³/mol. The van der Waals surface area contributed by atoms with E-state index >= 15 is 0 Å². The molecule has 2 nitrogen and oxygen atoms in total. The summed E-state index contributed by atoms with van der Waals surface area (Å²) in [4.78, 5) is 1.98. The van der Waals surface area contributed by atoms with Crippen LogP contribution in [0.5, 0.6) is 0 Å². The van der Waals surface area contributed by atoms with Crippen LogP contribution in [0, 0.1) is 17.1 Å². The zero-order valence-electron chi connectivity index (χ0n) is 8.20. The van der Waals surface area contributed by atoms with Crippen molar-refractivity contribution in [1.82, 2.24) is 0 Å². The molecule has 0 atom stereocenters. The van der Waals surface area contributed by atoms with E-state index in [0.717, 1.165) is 12.2 Å². The minimum atomic E-state index is -0.238. The van der Waals surface area contributed by atoms with Crippen LogP contribution >= 0.6 is 0 Å². The van der Waals surface area contributed by atoms with E-state index in [1.165, 1.54) is 12.1 Å². The molecule has 0 spiro atoms. The van der Waals surface area contributed by atoms with Gasteiger partial charge in [-0.3, -0.25) is 0 Å². The van der Waals surface area contributed by atoms with E-state index in [1.54, 1.807) is 6.07 Å². The molecule has 0 aromatic heterocycles. The van der Waals surface area contributed by atoms with Gasteiger partial charge in [-0.25, -0.2) is 4.39 Å². The molecule has 0 amide bonds. The number of hydrogen-bond acceptors (Lipinski definition) is 2. The molecule has 0 radical (unpaired) electrons. The SMILES string of the molecule is CCN(CCC#N)c1cccc(F)c1. The van der Waals surface area contributed by atoms with Crippen LogP contribution in [0.15, 0.2) is 24.3 Å². The number of rotatable bonds is 4. The first-order valence-electron chi connectivity index (χ1n) is 4.65. The summed E-state index contributed by atoms with van der Waals surface area (Å²) < 4.78 is 12.9. The summed E-state index contributed by atoms with van der Waals surface area (Å²) in [5, 5.41) is 8.46. The average molecular weight is 192 g/mol. The van der Waals surface area contributed by atoms with Gasteiger partial charge in [0.2, 0.25) is 0 Å². The molecule has 0 unspecified atom stereocenters. The van der Waals surface area contributed by atoms with Crippen LogP contribution in [0.25, 0.3) is 0 Å². The highest BCUT2D eigenvalue weighted by atomic mass is 19.1. The molecule has 74 valence electrons. The average Bonchev–Trinajstić information content (AvgIpc) is 2.19. The number of hydrogen-bond donors (Lipinski definition) is 0. The Kier molecular flexibility index (Phi) is 3.93.